The van der Waals surface area contributed by atoms with E-state index in [1.165, 1.54) is 12.6 Å². The Balaban J connectivity index is 0.000000615. The van der Waals surface area contributed by atoms with Crippen molar-refractivity contribution in [2.45, 2.75) is 60.3 Å². The second kappa shape index (κ2) is 11.7. The number of carbonyl (C=O) groups excluding carboxylic acids is 2. The van der Waals surface area contributed by atoms with E-state index in [1.54, 1.807) is 12.1 Å². The van der Waals surface area contributed by atoms with E-state index in [0.29, 0.717) is 17.2 Å². The summed E-state index contributed by atoms with van der Waals surface area (Å²) in [5.41, 5.74) is 1.00. The maximum Gasteiger partial charge on any atom is 0.272 e. The Morgan fingerprint density at radius 2 is 1.65 bits per heavy atom. The number of likely N-dealkylation sites (tertiary alicyclic amines) is 2. The SMILES string of the molecule is CC.CC1CCN(C(=O)c2ccc(C(=O)N3CCCC3)cn2)C1.CCC. The van der Waals surface area contributed by atoms with E-state index in [2.05, 4.69) is 25.8 Å². The summed E-state index contributed by atoms with van der Waals surface area (Å²) in [5, 5.41) is 0. The molecule has 0 spiro atoms. The predicted molar refractivity (Wildman–Crippen MR) is 106 cm³/mol. The fourth-order valence-corrected chi connectivity index (χ4v) is 3.03. The van der Waals surface area contributed by atoms with Crippen LogP contribution in [0.15, 0.2) is 18.3 Å². The molecule has 0 N–H and O–H groups in total. The smallest absolute Gasteiger partial charge is 0.272 e. The van der Waals surface area contributed by atoms with Crippen LogP contribution in [-0.2, 0) is 0 Å². The van der Waals surface area contributed by atoms with Gasteiger partial charge in [-0.2, -0.15) is 0 Å². The topological polar surface area (TPSA) is 53.5 Å². The Morgan fingerprint density at radius 1 is 1.04 bits per heavy atom. The van der Waals surface area contributed by atoms with E-state index in [4.69, 9.17) is 0 Å². The first kappa shape index (κ1) is 22.1. The van der Waals surface area contributed by atoms with E-state index in [9.17, 15) is 9.59 Å². The minimum Gasteiger partial charge on any atom is -0.339 e. The number of rotatable bonds is 2. The molecule has 3 heterocycles. The molecule has 26 heavy (non-hydrogen) atoms. The van der Waals surface area contributed by atoms with Gasteiger partial charge in [0, 0.05) is 32.4 Å². The predicted octanol–water partition coefficient (Wildman–Crippen LogP) is 4.24. The minimum absolute atomic E-state index is 0.0220. The lowest BCUT2D eigenvalue weighted by Gasteiger charge is -2.16. The normalized spacial score (nSPS) is 18.6. The number of pyridine rings is 1. The number of carbonyl (C=O) groups is 2. The minimum atomic E-state index is -0.0282. The Bertz CT molecular complexity index is 551. The summed E-state index contributed by atoms with van der Waals surface area (Å²) >= 11 is 0. The number of aromatic nitrogens is 1. The number of nitrogens with zero attached hydrogens (tertiary/aromatic N) is 3. The van der Waals surface area contributed by atoms with Crippen LogP contribution in [0.25, 0.3) is 0 Å². The van der Waals surface area contributed by atoms with Crippen LogP contribution >= 0.6 is 0 Å². The van der Waals surface area contributed by atoms with Gasteiger partial charge in [-0.05, 0) is 37.3 Å². The summed E-state index contributed by atoms with van der Waals surface area (Å²) in [6, 6.07) is 3.40. The van der Waals surface area contributed by atoms with Gasteiger partial charge in [0.05, 0.1) is 5.56 Å². The van der Waals surface area contributed by atoms with E-state index in [1.807, 2.05) is 23.6 Å². The van der Waals surface area contributed by atoms with Crippen molar-refractivity contribution in [1.29, 1.82) is 0 Å². The quantitative estimate of drug-likeness (QED) is 0.791. The number of hydrogen-bond donors (Lipinski definition) is 0. The van der Waals surface area contributed by atoms with Gasteiger partial charge < -0.3 is 9.80 Å². The standard InChI is InChI=1S/C16H21N3O2.C3H8.C2H6/c1-12-6-9-19(11-12)16(21)14-5-4-13(10-17-14)15(20)18-7-2-3-8-18;1-3-2;1-2/h4-5,10,12H,2-3,6-9,11H2,1H3;3H2,1-2H3;1-2H3. The summed E-state index contributed by atoms with van der Waals surface area (Å²) in [5.74, 6) is 0.554. The van der Waals surface area contributed by atoms with Crippen LogP contribution < -0.4 is 0 Å². The molecule has 146 valence electrons. The van der Waals surface area contributed by atoms with Gasteiger partial charge in [-0.1, -0.05) is 41.0 Å². The number of hydrogen-bond acceptors (Lipinski definition) is 3. The van der Waals surface area contributed by atoms with Crippen molar-refractivity contribution in [3.8, 4) is 0 Å². The largest absolute Gasteiger partial charge is 0.339 e. The second-order valence-electron chi connectivity index (χ2n) is 6.78. The first-order valence-corrected chi connectivity index (χ1v) is 10.1. The molecule has 5 heteroatoms. The van der Waals surface area contributed by atoms with E-state index in [-0.39, 0.29) is 11.8 Å². The molecule has 0 radical (unpaired) electrons. The van der Waals surface area contributed by atoms with Gasteiger partial charge in [-0.25, -0.2) is 0 Å². The molecule has 0 aliphatic carbocycles. The molecule has 0 saturated carbocycles. The van der Waals surface area contributed by atoms with Crippen molar-refractivity contribution in [1.82, 2.24) is 14.8 Å². The first-order chi connectivity index (χ1) is 12.6. The lowest BCUT2D eigenvalue weighted by atomic mass is 10.2. The Kier molecular flexibility index (Phi) is 9.92. The third kappa shape index (κ3) is 6.11. The molecular formula is C21H35N3O2. The van der Waals surface area contributed by atoms with Crippen molar-refractivity contribution >= 4 is 11.8 Å². The van der Waals surface area contributed by atoms with Gasteiger partial charge in [0.1, 0.15) is 5.69 Å². The molecule has 1 atom stereocenters. The molecule has 0 bridgehead atoms. The molecule has 2 amide bonds. The molecular weight excluding hydrogens is 326 g/mol. The molecule has 5 nitrogen and oxygen atoms in total. The molecule has 1 unspecified atom stereocenters. The third-order valence-electron chi connectivity index (χ3n) is 4.33. The highest BCUT2D eigenvalue weighted by Gasteiger charge is 2.25. The maximum atomic E-state index is 12.3. The van der Waals surface area contributed by atoms with Gasteiger partial charge in [-0.3, -0.25) is 14.6 Å². The summed E-state index contributed by atoms with van der Waals surface area (Å²) in [7, 11) is 0. The zero-order chi connectivity index (χ0) is 19.5. The van der Waals surface area contributed by atoms with Gasteiger partial charge in [0.25, 0.3) is 11.8 Å². The van der Waals surface area contributed by atoms with Crippen LogP contribution in [0.5, 0.6) is 0 Å². The highest BCUT2D eigenvalue weighted by Crippen LogP contribution is 2.18. The molecule has 3 rings (SSSR count). The zero-order valence-electron chi connectivity index (χ0n) is 17.1. The second-order valence-corrected chi connectivity index (χ2v) is 6.78. The summed E-state index contributed by atoms with van der Waals surface area (Å²) in [6.07, 6.45) is 5.98. The molecule has 2 aliphatic heterocycles. The molecule has 1 aromatic heterocycles. The lowest BCUT2D eigenvalue weighted by Crippen LogP contribution is -2.30. The molecule has 1 aromatic rings. The van der Waals surface area contributed by atoms with Crippen LogP contribution in [0, 0.1) is 5.92 Å². The van der Waals surface area contributed by atoms with Crippen molar-refractivity contribution in [2.75, 3.05) is 26.2 Å². The van der Waals surface area contributed by atoms with Gasteiger partial charge >= 0.3 is 0 Å². The van der Waals surface area contributed by atoms with Crippen molar-refractivity contribution in [3.63, 3.8) is 0 Å². The molecule has 2 fully saturated rings. The maximum absolute atomic E-state index is 12.3. The highest BCUT2D eigenvalue weighted by molar-refractivity contribution is 5.96. The summed E-state index contributed by atoms with van der Waals surface area (Å²) in [4.78, 5) is 32.4. The van der Waals surface area contributed by atoms with E-state index in [0.717, 1.165) is 45.4 Å². The van der Waals surface area contributed by atoms with Crippen LogP contribution in [-0.4, -0.2) is 52.8 Å². The van der Waals surface area contributed by atoms with Crippen molar-refractivity contribution in [3.05, 3.63) is 29.6 Å². The average Bonchev–Trinajstić information content (AvgIpc) is 3.35. The number of amides is 2. The zero-order valence-corrected chi connectivity index (χ0v) is 17.1. The fraction of sp³-hybridized carbons (Fsp3) is 0.667. The van der Waals surface area contributed by atoms with Crippen LogP contribution in [0.4, 0.5) is 0 Å². The van der Waals surface area contributed by atoms with Gasteiger partial charge in [0.15, 0.2) is 0 Å². The Morgan fingerprint density at radius 3 is 2.12 bits per heavy atom. The summed E-state index contributed by atoms with van der Waals surface area (Å²) < 4.78 is 0. The van der Waals surface area contributed by atoms with E-state index >= 15 is 0 Å². The van der Waals surface area contributed by atoms with E-state index < -0.39 is 0 Å². The highest BCUT2D eigenvalue weighted by atomic mass is 16.2. The fourth-order valence-electron chi connectivity index (χ4n) is 3.03. The third-order valence-corrected chi connectivity index (χ3v) is 4.33. The molecule has 0 aromatic carbocycles. The van der Waals surface area contributed by atoms with Crippen LogP contribution in [0.2, 0.25) is 0 Å². The Hall–Kier alpha value is -1.91. The van der Waals surface area contributed by atoms with Crippen molar-refractivity contribution in [2.24, 2.45) is 5.92 Å². The monoisotopic (exact) mass is 361 g/mol. The Labute approximate surface area is 158 Å². The van der Waals surface area contributed by atoms with Gasteiger partial charge in [-0.15, -0.1) is 0 Å². The summed E-state index contributed by atoms with van der Waals surface area (Å²) in [6.45, 7) is 13.7. The average molecular weight is 362 g/mol. The molecule has 2 aliphatic rings. The first-order valence-electron chi connectivity index (χ1n) is 10.1. The lowest BCUT2D eigenvalue weighted by molar-refractivity contribution is 0.0773. The van der Waals surface area contributed by atoms with Gasteiger partial charge in [0.2, 0.25) is 0 Å². The van der Waals surface area contributed by atoms with Crippen molar-refractivity contribution < 1.29 is 9.59 Å². The molecule has 2 saturated heterocycles. The van der Waals surface area contributed by atoms with Crippen LogP contribution in [0.1, 0.15) is 81.1 Å². The van der Waals surface area contributed by atoms with Crippen LogP contribution in [0.3, 0.4) is 0 Å².